The first-order valence-corrected chi connectivity index (χ1v) is 42.5. The second kappa shape index (κ2) is 42.8. The summed E-state index contributed by atoms with van der Waals surface area (Å²) < 4.78 is 120. The number of aryl methyl sites for hydroxylation is 3. The van der Waals surface area contributed by atoms with Crippen molar-refractivity contribution in [2.45, 2.75) is 89.1 Å². The van der Waals surface area contributed by atoms with Crippen molar-refractivity contribution < 1.29 is 113 Å². The number of nitrogens with one attached hydrogen (secondary N) is 4. The number of anilines is 8. The van der Waals surface area contributed by atoms with E-state index in [2.05, 4.69) is 41.2 Å². The molecule has 1 aliphatic carbocycles. The summed E-state index contributed by atoms with van der Waals surface area (Å²) in [5.41, 5.74) is 12.0. The molecule has 696 valence electrons. The van der Waals surface area contributed by atoms with Crippen molar-refractivity contribution in [3.63, 3.8) is 0 Å². The predicted octanol–water partition coefficient (Wildman–Crippen LogP) is 10.9. The van der Waals surface area contributed by atoms with Crippen LogP contribution in [0.1, 0.15) is 109 Å². The number of primary amides is 1. The van der Waals surface area contributed by atoms with Crippen molar-refractivity contribution in [2.75, 3.05) is 140 Å². The smallest absolute Gasteiger partial charge is 0.396 e. The third-order valence-electron chi connectivity index (χ3n) is 22.2. The number of hydrogen-bond donors (Lipinski definition) is 9. The van der Waals surface area contributed by atoms with Gasteiger partial charge in [-0.05, 0) is 196 Å². The molecule has 17 rings (SSSR count). The molecule has 34 nitrogen and oxygen atoms in total. The van der Waals surface area contributed by atoms with Crippen molar-refractivity contribution in [3.05, 3.63) is 221 Å². The number of carbonyl (C=O) groups is 9. The van der Waals surface area contributed by atoms with Crippen LogP contribution in [-0.2, 0) is 74.9 Å². The Balaban J connectivity index is 0.000000143. The molecule has 0 spiro atoms. The molecule has 0 unspecified atom stereocenters. The van der Waals surface area contributed by atoms with Crippen LogP contribution in [-0.4, -0.2) is 217 Å². The molecule has 4 aromatic heterocycles. The number of morpholine rings is 4. The maximum absolute atomic E-state index is 13.5. The zero-order valence-electron chi connectivity index (χ0n) is 71.3. The summed E-state index contributed by atoms with van der Waals surface area (Å²) in [6, 6.07) is 41.9. The SMILES string of the molecule is NC(=O)/C=C/c1cccc(C(=O)Nc2nc3cc(N4CCOCC4=O)ccc3n2CCCO)c1.O=C(Nc1nc2cc(N3CCOCC3=O)ccc2n1C1CCC(O)CC1)c1cccc(C(F)(F)F)c1.O=C(Nc1nc2cc(N3CCOCC3=O)ccc2n1CCCO)c1cccc(C(F)(F)F)c1.O=C(Nc1nc2cc(N3CCOCC3=O)ccc2n1CCCO)c1cccc(F)c1. The van der Waals surface area contributed by atoms with Crippen LogP contribution in [0.3, 0.4) is 0 Å². The Morgan fingerprint density at radius 1 is 0.414 bits per heavy atom. The highest BCUT2D eigenvalue weighted by Gasteiger charge is 2.35. The Morgan fingerprint density at radius 3 is 1.08 bits per heavy atom. The van der Waals surface area contributed by atoms with E-state index in [4.69, 9.17) is 24.7 Å². The Morgan fingerprint density at radius 2 is 0.737 bits per heavy atom. The van der Waals surface area contributed by atoms with Crippen LogP contribution in [0.5, 0.6) is 0 Å². The number of carbonyl (C=O) groups excluding carboxylic acids is 9. The van der Waals surface area contributed by atoms with Crippen LogP contribution in [0, 0.1) is 5.82 Å². The number of halogens is 7. The van der Waals surface area contributed by atoms with Gasteiger partial charge in [0, 0.05) is 123 Å². The number of aromatic nitrogens is 8. The summed E-state index contributed by atoms with van der Waals surface area (Å²) in [5.74, 6) is -3.04. The molecule has 4 saturated heterocycles. The number of nitrogens with zero attached hydrogens (tertiary/aromatic N) is 12. The summed E-state index contributed by atoms with van der Waals surface area (Å²) in [5, 5.41) is 48.6. The molecular weight excluding hydrogens is 1750 g/mol. The van der Waals surface area contributed by atoms with Crippen LogP contribution < -0.4 is 46.6 Å². The van der Waals surface area contributed by atoms with E-state index in [1.807, 2.05) is 39.5 Å². The first-order valence-electron chi connectivity index (χ1n) is 42.5. The molecule has 10 N–H and O–H groups in total. The monoisotopic (exact) mass is 1840 g/mol. The fraction of sp³-hybridized carbons (Fsp3) is 0.315. The van der Waals surface area contributed by atoms with E-state index < -0.39 is 59.0 Å². The normalized spacial score (nSPS) is 16.2. The highest BCUT2D eigenvalue weighted by atomic mass is 19.4. The zero-order valence-corrected chi connectivity index (χ0v) is 71.3. The van der Waals surface area contributed by atoms with Crippen LogP contribution in [0.15, 0.2) is 176 Å². The second-order valence-corrected chi connectivity index (χ2v) is 31.2. The van der Waals surface area contributed by atoms with Gasteiger partial charge in [0.1, 0.15) is 32.2 Å². The standard InChI is InChI=1S/C25H25F3N4O4.C24H25N5O5.C22H21F3N4O4.C21H21FN4O4/c26-25(27,28)16-3-1-2-15(12-16)23(35)30-24-29-20-13-18(31-10-11-36-14-22(31)34)6-9-21(20)32(24)17-4-7-19(33)8-5-17;25-21(31)8-5-16-3-1-4-17(13-16)23(33)27-24-26-19-14-18(28-10-12-34-15-22(28)32)6-7-20(19)29(24)9-2-11-30;23-22(24,25)15-4-1-3-14(11-15)20(32)27-21-26-17-12-16(28-8-10-33-13-19(28)31)5-6-18(17)29(21)7-2-9-30;22-15-4-1-3-14(11-15)20(29)24-21-23-17-12-16(25-8-10-30-13-19(25)28)5-6-18(17)26(21)7-2-9-27/h1-3,6,9,12-13,17,19,33H,4-5,7-8,10-11,14H2,(H,29,30,35);1,3-8,13-14,30H,2,9-12,15H2,(H2,25,31)(H,26,27,33);1,3-6,11-12,30H,2,7-10,13H2,(H,26,27,32);1,3-6,11-12,27H,2,7-10,13H2,(H,23,24,29)/b;8-5+;;. The van der Waals surface area contributed by atoms with E-state index in [-0.39, 0.29) is 116 Å². The number of rotatable bonds is 24. The molecule has 8 heterocycles. The zero-order chi connectivity index (χ0) is 94.2. The van der Waals surface area contributed by atoms with Crippen molar-refractivity contribution in [1.29, 1.82) is 0 Å². The minimum absolute atomic E-state index is 0.00479. The summed E-state index contributed by atoms with van der Waals surface area (Å²) in [6.07, 6.45) is -2.96. The average molecular weight is 1840 g/mol. The van der Waals surface area contributed by atoms with Gasteiger partial charge in [-0.2, -0.15) is 26.3 Å². The highest BCUT2D eigenvalue weighted by molar-refractivity contribution is 6.08. The molecule has 0 bridgehead atoms. The first-order chi connectivity index (χ1) is 64.0. The van der Waals surface area contributed by atoms with Crippen LogP contribution in [0.25, 0.3) is 50.2 Å². The van der Waals surface area contributed by atoms with Gasteiger partial charge >= 0.3 is 12.4 Å². The molecule has 5 aliphatic rings. The Hall–Kier alpha value is -14.2. The highest BCUT2D eigenvalue weighted by Crippen LogP contribution is 2.39. The average Bonchev–Trinajstić information content (AvgIpc) is 1.52. The Bertz CT molecular complexity index is 6360. The molecule has 12 aromatic rings. The molecule has 4 aliphatic heterocycles. The van der Waals surface area contributed by atoms with E-state index >= 15 is 0 Å². The van der Waals surface area contributed by atoms with Gasteiger partial charge < -0.3 is 83.0 Å². The largest absolute Gasteiger partial charge is 0.416 e. The fourth-order valence-corrected chi connectivity index (χ4v) is 15.7. The van der Waals surface area contributed by atoms with Crippen molar-refractivity contribution in [1.82, 2.24) is 38.2 Å². The molecule has 0 atom stereocenters. The number of alkyl halides is 6. The maximum atomic E-state index is 13.5. The van der Waals surface area contributed by atoms with Gasteiger partial charge in [0.15, 0.2) is 0 Å². The molecule has 0 radical (unpaired) electrons. The van der Waals surface area contributed by atoms with E-state index in [1.54, 1.807) is 95.5 Å². The molecule has 5 fully saturated rings. The lowest BCUT2D eigenvalue weighted by atomic mass is 9.93. The van der Waals surface area contributed by atoms with Gasteiger partial charge in [0.25, 0.3) is 47.3 Å². The number of imidazole rings is 4. The van der Waals surface area contributed by atoms with Crippen molar-refractivity contribution in [3.8, 4) is 0 Å². The van der Waals surface area contributed by atoms with Gasteiger partial charge in [0.2, 0.25) is 29.7 Å². The van der Waals surface area contributed by atoms with Gasteiger partial charge in [-0.1, -0.05) is 30.3 Å². The molecule has 9 amide bonds. The van der Waals surface area contributed by atoms with Crippen LogP contribution in [0.4, 0.5) is 77.3 Å². The van der Waals surface area contributed by atoms with Gasteiger partial charge in [-0.3, -0.25) is 64.4 Å². The quantitative estimate of drug-likeness (QED) is 0.0200. The Labute approximate surface area is 753 Å². The predicted molar refractivity (Wildman–Crippen MR) is 476 cm³/mol. The Kier molecular flexibility index (Phi) is 30.5. The van der Waals surface area contributed by atoms with Crippen LogP contribution >= 0.6 is 0 Å². The molecule has 8 aromatic carbocycles. The number of benzene rings is 8. The topological polar surface area (TPSA) is 430 Å². The van der Waals surface area contributed by atoms with E-state index in [1.165, 1.54) is 48.6 Å². The summed E-state index contributed by atoms with van der Waals surface area (Å²) in [7, 11) is 0. The van der Waals surface area contributed by atoms with Crippen LogP contribution in [0.2, 0.25) is 0 Å². The minimum atomic E-state index is -4.57. The molecule has 133 heavy (non-hydrogen) atoms. The van der Waals surface area contributed by atoms with E-state index in [0.717, 1.165) is 52.9 Å². The number of aliphatic hydroxyl groups is 4. The number of nitrogens with two attached hydrogens (primary N) is 1. The second-order valence-electron chi connectivity index (χ2n) is 31.2. The number of aliphatic hydroxyl groups excluding tert-OH is 4. The molecule has 1 saturated carbocycles. The first kappa shape index (κ1) is 94.9. The lowest BCUT2D eigenvalue weighted by Gasteiger charge is -2.28. The van der Waals surface area contributed by atoms with Crippen molar-refractivity contribution in [2.24, 2.45) is 5.73 Å². The summed E-state index contributed by atoms with van der Waals surface area (Å²) in [6.45, 7) is 4.61. The third kappa shape index (κ3) is 23.2. The summed E-state index contributed by atoms with van der Waals surface area (Å²) in [4.78, 5) is 136. The number of ether oxygens (including phenoxy) is 4. The number of fused-ring (bicyclic) bond motifs is 4. The fourth-order valence-electron chi connectivity index (χ4n) is 15.7. The van der Waals surface area contributed by atoms with Gasteiger partial charge in [-0.15, -0.1) is 0 Å². The number of hydrogen-bond acceptors (Lipinski definition) is 21. The summed E-state index contributed by atoms with van der Waals surface area (Å²) >= 11 is 0. The third-order valence-corrected chi connectivity index (χ3v) is 22.2. The number of amides is 9. The lowest BCUT2D eigenvalue weighted by molar-refractivity contribution is -0.138. The van der Waals surface area contributed by atoms with Crippen molar-refractivity contribution >= 4 is 150 Å². The lowest BCUT2D eigenvalue weighted by Crippen LogP contribution is -2.41. The minimum Gasteiger partial charge on any atom is -0.396 e. The van der Waals surface area contributed by atoms with E-state index in [0.29, 0.717) is 185 Å². The van der Waals surface area contributed by atoms with Gasteiger partial charge in [0.05, 0.1) is 87.8 Å². The van der Waals surface area contributed by atoms with Gasteiger partial charge in [-0.25, -0.2) is 24.3 Å². The van der Waals surface area contributed by atoms with E-state index in [9.17, 15) is 94.3 Å². The molecular formula is C92H92F7N17O17. The maximum Gasteiger partial charge on any atom is 0.416 e. The molecule has 41 heteroatoms.